The van der Waals surface area contributed by atoms with Gasteiger partial charge < -0.3 is 5.32 Å². The number of sulfonamides is 1. The molecule has 2 N–H and O–H groups in total. The third-order valence-electron chi connectivity index (χ3n) is 4.70. The fourth-order valence-electron chi connectivity index (χ4n) is 3.07. The van der Waals surface area contributed by atoms with Crippen LogP contribution in [0.1, 0.15) is 40.0 Å². The van der Waals surface area contributed by atoms with Gasteiger partial charge in [-0.3, -0.25) is 9.52 Å². The highest BCUT2D eigenvalue weighted by atomic mass is 32.2. The summed E-state index contributed by atoms with van der Waals surface area (Å²) < 4.78 is 28.5. The summed E-state index contributed by atoms with van der Waals surface area (Å²) >= 11 is 0. The predicted molar refractivity (Wildman–Crippen MR) is 115 cm³/mol. The molecular weight excluding hydrogens is 384 g/mol. The van der Waals surface area contributed by atoms with Crippen molar-refractivity contribution in [3.8, 4) is 0 Å². The summed E-state index contributed by atoms with van der Waals surface area (Å²) in [6.45, 7) is 5.47. The molecule has 0 radical (unpaired) electrons. The Morgan fingerprint density at radius 2 is 1.55 bits per heavy atom. The van der Waals surface area contributed by atoms with Gasteiger partial charge in [0.05, 0.1) is 22.2 Å². The molecule has 29 heavy (non-hydrogen) atoms. The topological polar surface area (TPSA) is 75.3 Å². The SMILES string of the molecule is Cc1ccc(C)c(S(=O)(=O)Nc2ccccc2C(=O)NC(C)c2ccccc2)c1. The molecule has 3 aromatic carbocycles. The minimum absolute atomic E-state index is 0.199. The molecule has 3 rings (SSSR count). The molecule has 3 aromatic rings. The zero-order valence-corrected chi connectivity index (χ0v) is 17.5. The lowest BCUT2D eigenvalue weighted by Crippen LogP contribution is -2.28. The van der Waals surface area contributed by atoms with E-state index in [1.165, 1.54) is 0 Å². The highest BCUT2D eigenvalue weighted by Gasteiger charge is 2.21. The molecule has 0 aliphatic rings. The van der Waals surface area contributed by atoms with Crippen LogP contribution in [0.5, 0.6) is 0 Å². The van der Waals surface area contributed by atoms with Gasteiger partial charge in [-0.1, -0.05) is 54.6 Å². The van der Waals surface area contributed by atoms with Crippen LogP contribution in [0, 0.1) is 13.8 Å². The number of hydrogen-bond acceptors (Lipinski definition) is 3. The van der Waals surface area contributed by atoms with Crippen molar-refractivity contribution < 1.29 is 13.2 Å². The third-order valence-corrected chi connectivity index (χ3v) is 6.20. The minimum Gasteiger partial charge on any atom is -0.345 e. The first kappa shape index (κ1) is 20.6. The Labute approximate surface area is 171 Å². The molecule has 150 valence electrons. The first-order valence-corrected chi connectivity index (χ1v) is 10.8. The molecule has 5 nitrogen and oxygen atoms in total. The maximum absolute atomic E-state index is 13.0. The van der Waals surface area contributed by atoms with E-state index in [-0.39, 0.29) is 28.1 Å². The van der Waals surface area contributed by atoms with E-state index in [0.717, 1.165) is 11.1 Å². The second-order valence-corrected chi connectivity index (χ2v) is 8.68. The maximum atomic E-state index is 13.0. The van der Waals surface area contributed by atoms with E-state index in [2.05, 4.69) is 10.0 Å². The first-order chi connectivity index (χ1) is 13.8. The second kappa shape index (κ2) is 8.49. The fourth-order valence-corrected chi connectivity index (χ4v) is 4.48. The lowest BCUT2D eigenvalue weighted by atomic mass is 10.1. The zero-order chi connectivity index (χ0) is 21.0. The van der Waals surface area contributed by atoms with Crippen molar-refractivity contribution in [2.75, 3.05) is 4.72 Å². The molecule has 0 saturated heterocycles. The van der Waals surface area contributed by atoms with E-state index in [1.54, 1.807) is 43.3 Å². The van der Waals surface area contributed by atoms with Gasteiger partial charge in [-0.05, 0) is 55.7 Å². The van der Waals surface area contributed by atoms with Crippen LogP contribution in [-0.4, -0.2) is 14.3 Å². The van der Waals surface area contributed by atoms with E-state index >= 15 is 0 Å². The number of carbonyl (C=O) groups is 1. The third kappa shape index (κ3) is 4.84. The Bertz CT molecular complexity index is 1130. The molecule has 1 atom stereocenters. The van der Waals surface area contributed by atoms with Gasteiger partial charge in [0.15, 0.2) is 0 Å². The average molecular weight is 409 g/mol. The summed E-state index contributed by atoms with van der Waals surface area (Å²) in [4.78, 5) is 13.0. The highest BCUT2D eigenvalue weighted by Crippen LogP contribution is 2.24. The van der Waals surface area contributed by atoms with E-state index in [1.807, 2.05) is 50.2 Å². The van der Waals surface area contributed by atoms with Crippen LogP contribution < -0.4 is 10.0 Å². The fraction of sp³-hybridized carbons (Fsp3) is 0.174. The van der Waals surface area contributed by atoms with Gasteiger partial charge in [-0.15, -0.1) is 0 Å². The molecule has 0 fully saturated rings. The lowest BCUT2D eigenvalue weighted by molar-refractivity contribution is 0.0941. The number of carbonyl (C=O) groups excluding carboxylic acids is 1. The van der Waals surface area contributed by atoms with Crippen molar-refractivity contribution in [1.82, 2.24) is 5.32 Å². The van der Waals surface area contributed by atoms with Crippen molar-refractivity contribution in [2.45, 2.75) is 31.7 Å². The van der Waals surface area contributed by atoms with Crippen LogP contribution in [0.4, 0.5) is 5.69 Å². The predicted octanol–water partition coefficient (Wildman–Crippen LogP) is 4.60. The van der Waals surface area contributed by atoms with Gasteiger partial charge in [0.1, 0.15) is 0 Å². The van der Waals surface area contributed by atoms with Gasteiger partial charge in [-0.2, -0.15) is 0 Å². The van der Waals surface area contributed by atoms with Gasteiger partial charge in [0.2, 0.25) is 0 Å². The number of nitrogens with one attached hydrogen (secondary N) is 2. The molecule has 0 aliphatic carbocycles. The molecular formula is C23H24N2O3S. The van der Waals surface area contributed by atoms with Gasteiger partial charge in [0, 0.05) is 0 Å². The Hall–Kier alpha value is -3.12. The number of aryl methyl sites for hydroxylation is 2. The molecule has 1 unspecified atom stereocenters. The van der Waals surface area contributed by atoms with Crippen LogP contribution in [0.3, 0.4) is 0 Å². The van der Waals surface area contributed by atoms with Crippen molar-refractivity contribution in [2.24, 2.45) is 0 Å². The second-order valence-electron chi connectivity index (χ2n) is 7.03. The van der Waals surface area contributed by atoms with Crippen LogP contribution in [0.2, 0.25) is 0 Å². The van der Waals surface area contributed by atoms with Crippen LogP contribution in [0.15, 0.2) is 77.7 Å². The standard InChI is InChI=1S/C23H24N2O3S/c1-16-13-14-17(2)22(15-16)29(27,28)25-21-12-8-7-11-20(21)23(26)24-18(3)19-9-5-4-6-10-19/h4-15,18,25H,1-3H3,(H,24,26). The number of rotatable bonds is 6. The molecule has 0 bridgehead atoms. The van der Waals surface area contributed by atoms with E-state index in [4.69, 9.17) is 0 Å². The first-order valence-electron chi connectivity index (χ1n) is 9.33. The lowest BCUT2D eigenvalue weighted by Gasteiger charge is -2.17. The van der Waals surface area contributed by atoms with Crippen molar-refractivity contribution in [1.29, 1.82) is 0 Å². The number of amides is 1. The molecule has 0 spiro atoms. The highest BCUT2D eigenvalue weighted by molar-refractivity contribution is 7.92. The van der Waals surface area contributed by atoms with Crippen LogP contribution in [-0.2, 0) is 10.0 Å². The maximum Gasteiger partial charge on any atom is 0.262 e. The van der Waals surface area contributed by atoms with Gasteiger partial charge in [0.25, 0.3) is 15.9 Å². The van der Waals surface area contributed by atoms with Crippen molar-refractivity contribution in [3.05, 3.63) is 95.1 Å². The number of hydrogen-bond donors (Lipinski definition) is 2. The molecule has 6 heteroatoms. The average Bonchev–Trinajstić information content (AvgIpc) is 2.70. The van der Waals surface area contributed by atoms with Crippen LogP contribution >= 0.6 is 0 Å². The monoisotopic (exact) mass is 408 g/mol. The molecule has 0 aliphatic heterocycles. The summed E-state index contributed by atoms with van der Waals surface area (Å²) in [5.74, 6) is -0.347. The number of para-hydroxylation sites is 1. The van der Waals surface area contributed by atoms with Gasteiger partial charge >= 0.3 is 0 Å². The molecule has 0 saturated carbocycles. The summed E-state index contributed by atoms with van der Waals surface area (Å²) in [5.41, 5.74) is 2.96. The Morgan fingerprint density at radius 3 is 2.28 bits per heavy atom. The zero-order valence-electron chi connectivity index (χ0n) is 16.6. The smallest absolute Gasteiger partial charge is 0.262 e. The van der Waals surface area contributed by atoms with Crippen LogP contribution in [0.25, 0.3) is 0 Å². The van der Waals surface area contributed by atoms with Crippen molar-refractivity contribution >= 4 is 21.6 Å². The molecule has 0 aromatic heterocycles. The summed E-state index contributed by atoms with van der Waals surface area (Å²) in [7, 11) is -3.83. The Kier molecular flexibility index (Phi) is 6.03. The largest absolute Gasteiger partial charge is 0.345 e. The van der Waals surface area contributed by atoms with E-state index in [0.29, 0.717) is 5.56 Å². The van der Waals surface area contributed by atoms with Crippen molar-refractivity contribution in [3.63, 3.8) is 0 Å². The minimum atomic E-state index is -3.83. The van der Waals surface area contributed by atoms with Gasteiger partial charge in [-0.25, -0.2) is 8.42 Å². The summed E-state index contributed by atoms with van der Waals surface area (Å²) in [5, 5.41) is 2.93. The number of benzene rings is 3. The Morgan fingerprint density at radius 1 is 0.897 bits per heavy atom. The number of anilines is 1. The quantitative estimate of drug-likeness (QED) is 0.626. The van der Waals surface area contributed by atoms with E-state index in [9.17, 15) is 13.2 Å². The summed E-state index contributed by atoms with van der Waals surface area (Å²) in [6.07, 6.45) is 0. The summed E-state index contributed by atoms with van der Waals surface area (Å²) in [6, 6.07) is 21.2. The molecule has 0 heterocycles. The normalized spacial score (nSPS) is 12.2. The van der Waals surface area contributed by atoms with E-state index < -0.39 is 10.0 Å². The Balaban J connectivity index is 1.87. The molecule has 1 amide bonds.